The topological polar surface area (TPSA) is 52.7 Å². The van der Waals surface area contributed by atoms with Gasteiger partial charge < -0.3 is 15.1 Å². The Balaban J connectivity index is 1.72. The average molecular weight is 315 g/mol. The van der Waals surface area contributed by atoms with Crippen molar-refractivity contribution in [2.45, 2.75) is 32.2 Å². The van der Waals surface area contributed by atoms with E-state index in [2.05, 4.69) is 5.32 Å². The molecule has 2 amide bonds. The molecule has 2 fully saturated rings. The number of nitrogens with one attached hydrogen (secondary N) is 1. The van der Waals surface area contributed by atoms with Crippen molar-refractivity contribution in [3.05, 3.63) is 30.3 Å². The maximum atomic E-state index is 12.8. The first kappa shape index (κ1) is 16.0. The molecule has 23 heavy (non-hydrogen) atoms. The van der Waals surface area contributed by atoms with Crippen LogP contribution in [0.3, 0.4) is 0 Å². The van der Waals surface area contributed by atoms with Crippen LogP contribution in [0.25, 0.3) is 0 Å². The van der Waals surface area contributed by atoms with Crippen LogP contribution in [0, 0.1) is 5.92 Å². The van der Waals surface area contributed by atoms with Crippen molar-refractivity contribution < 1.29 is 9.59 Å². The lowest BCUT2D eigenvalue weighted by Crippen LogP contribution is -2.50. The van der Waals surface area contributed by atoms with E-state index in [0.717, 1.165) is 31.6 Å². The summed E-state index contributed by atoms with van der Waals surface area (Å²) in [5.41, 5.74) is 0.919. The SMILES string of the molecule is CCN(C(=O)C1CCCNC1)C1CCN(c2ccccc2)C1=O. The third-order valence-corrected chi connectivity index (χ3v) is 4.89. The van der Waals surface area contributed by atoms with E-state index >= 15 is 0 Å². The van der Waals surface area contributed by atoms with Gasteiger partial charge in [0.25, 0.3) is 0 Å². The maximum Gasteiger partial charge on any atom is 0.249 e. The van der Waals surface area contributed by atoms with Gasteiger partial charge in [0.2, 0.25) is 11.8 Å². The van der Waals surface area contributed by atoms with Crippen molar-refractivity contribution >= 4 is 17.5 Å². The van der Waals surface area contributed by atoms with E-state index in [1.54, 1.807) is 9.80 Å². The number of benzene rings is 1. The van der Waals surface area contributed by atoms with E-state index in [4.69, 9.17) is 0 Å². The zero-order valence-electron chi connectivity index (χ0n) is 13.7. The van der Waals surface area contributed by atoms with Gasteiger partial charge in [0.1, 0.15) is 6.04 Å². The van der Waals surface area contributed by atoms with E-state index in [1.807, 2.05) is 37.3 Å². The number of anilines is 1. The van der Waals surface area contributed by atoms with Crippen LogP contribution in [-0.2, 0) is 9.59 Å². The number of para-hydroxylation sites is 1. The van der Waals surface area contributed by atoms with Gasteiger partial charge in [-0.15, -0.1) is 0 Å². The van der Waals surface area contributed by atoms with Gasteiger partial charge >= 0.3 is 0 Å². The van der Waals surface area contributed by atoms with Crippen molar-refractivity contribution in [1.29, 1.82) is 0 Å². The first-order valence-corrected chi connectivity index (χ1v) is 8.60. The molecule has 0 saturated carbocycles. The van der Waals surface area contributed by atoms with Crippen LogP contribution in [0.2, 0.25) is 0 Å². The number of hydrogen-bond acceptors (Lipinski definition) is 3. The molecule has 5 heteroatoms. The third kappa shape index (κ3) is 3.24. The lowest BCUT2D eigenvalue weighted by molar-refractivity contribution is -0.142. The number of nitrogens with zero attached hydrogens (tertiary/aromatic N) is 2. The Morgan fingerprint density at radius 1 is 1.30 bits per heavy atom. The number of piperidine rings is 1. The highest BCUT2D eigenvalue weighted by molar-refractivity contribution is 6.01. The lowest BCUT2D eigenvalue weighted by Gasteiger charge is -2.32. The molecule has 2 unspecified atom stereocenters. The molecule has 0 bridgehead atoms. The van der Waals surface area contributed by atoms with E-state index in [-0.39, 0.29) is 23.8 Å². The Morgan fingerprint density at radius 3 is 2.74 bits per heavy atom. The summed E-state index contributed by atoms with van der Waals surface area (Å²) in [7, 11) is 0. The number of carbonyl (C=O) groups excluding carboxylic acids is 2. The predicted octanol–water partition coefficient (Wildman–Crippen LogP) is 1.64. The second kappa shape index (κ2) is 7.13. The van der Waals surface area contributed by atoms with Crippen LogP contribution in [0.15, 0.2) is 30.3 Å². The molecule has 0 spiro atoms. The molecular weight excluding hydrogens is 290 g/mol. The quantitative estimate of drug-likeness (QED) is 0.919. The summed E-state index contributed by atoms with van der Waals surface area (Å²) in [6.07, 6.45) is 2.67. The summed E-state index contributed by atoms with van der Waals surface area (Å²) < 4.78 is 0. The first-order chi connectivity index (χ1) is 11.2. The number of likely N-dealkylation sites (N-methyl/N-ethyl adjacent to an activating group) is 1. The van der Waals surface area contributed by atoms with Gasteiger partial charge in [0.05, 0.1) is 5.92 Å². The summed E-state index contributed by atoms with van der Waals surface area (Å²) in [6, 6.07) is 9.40. The Morgan fingerprint density at radius 2 is 2.09 bits per heavy atom. The summed E-state index contributed by atoms with van der Waals surface area (Å²) in [4.78, 5) is 29.2. The molecule has 2 saturated heterocycles. The first-order valence-electron chi connectivity index (χ1n) is 8.60. The van der Waals surface area contributed by atoms with Crippen molar-refractivity contribution in [3.8, 4) is 0 Å². The number of amides is 2. The Kier molecular flexibility index (Phi) is 4.96. The minimum atomic E-state index is -0.311. The molecule has 0 aliphatic carbocycles. The lowest BCUT2D eigenvalue weighted by atomic mass is 9.97. The summed E-state index contributed by atoms with van der Waals surface area (Å²) >= 11 is 0. The number of carbonyl (C=O) groups is 2. The van der Waals surface area contributed by atoms with Gasteiger partial charge in [-0.1, -0.05) is 18.2 Å². The summed E-state index contributed by atoms with van der Waals surface area (Å²) in [6.45, 7) is 4.96. The smallest absolute Gasteiger partial charge is 0.249 e. The Hall–Kier alpha value is -1.88. The van der Waals surface area contributed by atoms with Crippen molar-refractivity contribution in [2.24, 2.45) is 5.92 Å². The number of hydrogen-bond donors (Lipinski definition) is 1. The van der Waals surface area contributed by atoms with Crippen LogP contribution in [0.1, 0.15) is 26.2 Å². The zero-order valence-corrected chi connectivity index (χ0v) is 13.7. The summed E-state index contributed by atoms with van der Waals surface area (Å²) in [5, 5.41) is 3.29. The van der Waals surface area contributed by atoms with Gasteiger partial charge in [-0.2, -0.15) is 0 Å². The minimum Gasteiger partial charge on any atom is -0.331 e. The van der Waals surface area contributed by atoms with Crippen LogP contribution in [0.4, 0.5) is 5.69 Å². The fourth-order valence-corrected chi connectivity index (χ4v) is 3.65. The molecule has 1 N–H and O–H groups in total. The van der Waals surface area contributed by atoms with E-state index in [9.17, 15) is 9.59 Å². The molecule has 2 atom stereocenters. The molecule has 2 heterocycles. The van der Waals surface area contributed by atoms with Crippen LogP contribution in [-0.4, -0.2) is 48.9 Å². The van der Waals surface area contributed by atoms with Gasteiger partial charge in [-0.3, -0.25) is 9.59 Å². The van der Waals surface area contributed by atoms with Crippen LogP contribution < -0.4 is 10.2 Å². The second-order valence-electron chi connectivity index (χ2n) is 6.30. The molecule has 124 valence electrons. The Bertz CT molecular complexity index is 555. The molecule has 1 aromatic carbocycles. The average Bonchev–Trinajstić information content (AvgIpc) is 2.99. The van der Waals surface area contributed by atoms with E-state index < -0.39 is 0 Å². The maximum absolute atomic E-state index is 12.8. The predicted molar refractivity (Wildman–Crippen MR) is 90.2 cm³/mol. The zero-order chi connectivity index (χ0) is 16.2. The molecule has 0 aromatic heterocycles. The molecule has 5 nitrogen and oxygen atoms in total. The minimum absolute atomic E-state index is 0.0160. The van der Waals surface area contributed by atoms with Crippen molar-refractivity contribution in [1.82, 2.24) is 10.2 Å². The standard InChI is InChI=1S/C18H25N3O2/c1-2-20(17(22)14-7-6-11-19-13-14)16-10-12-21(18(16)23)15-8-4-3-5-9-15/h3-5,8-9,14,16,19H,2,6-7,10-13H2,1H3. The second-order valence-corrected chi connectivity index (χ2v) is 6.30. The van der Waals surface area contributed by atoms with Gasteiger partial charge in [-0.05, 0) is 44.9 Å². The number of rotatable bonds is 4. The molecular formula is C18H25N3O2. The highest BCUT2D eigenvalue weighted by Gasteiger charge is 2.39. The van der Waals surface area contributed by atoms with Crippen molar-refractivity contribution in [2.75, 3.05) is 31.1 Å². The normalized spacial score (nSPS) is 24.7. The Labute approximate surface area is 137 Å². The molecule has 3 rings (SSSR count). The van der Waals surface area contributed by atoms with Gasteiger partial charge in [0, 0.05) is 25.3 Å². The molecule has 2 aliphatic rings. The van der Waals surface area contributed by atoms with Crippen LogP contribution in [0.5, 0.6) is 0 Å². The highest BCUT2D eigenvalue weighted by Crippen LogP contribution is 2.26. The molecule has 2 aliphatic heterocycles. The van der Waals surface area contributed by atoms with Gasteiger partial charge in [-0.25, -0.2) is 0 Å². The van der Waals surface area contributed by atoms with Gasteiger partial charge in [0.15, 0.2) is 0 Å². The van der Waals surface area contributed by atoms with E-state index in [0.29, 0.717) is 19.5 Å². The highest BCUT2D eigenvalue weighted by atomic mass is 16.2. The fraction of sp³-hybridized carbons (Fsp3) is 0.556. The third-order valence-electron chi connectivity index (χ3n) is 4.89. The monoisotopic (exact) mass is 315 g/mol. The summed E-state index contributed by atoms with van der Waals surface area (Å²) in [5.74, 6) is 0.199. The van der Waals surface area contributed by atoms with Crippen molar-refractivity contribution in [3.63, 3.8) is 0 Å². The van der Waals surface area contributed by atoms with Crippen LogP contribution >= 0.6 is 0 Å². The molecule has 1 aromatic rings. The fourth-order valence-electron chi connectivity index (χ4n) is 3.65. The largest absolute Gasteiger partial charge is 0.331 e. The van der Waals surface area contributed by atoms with E-state index in [1.165, 1.54) is 0 Å². The molecule has 0 radical (unpaired) electrons.